The first-order chi connectivity index (χ1) is 13.5. The summed E-state index contributed by atoms with van der Waals surface area (Å²) >= 11 is 0. The highest BCUT2D eigenvalue weighted by Gasteiger charge is 2.48. The molecule has 4 aliphatic heterocycles. The number of ether oxygens (including phenoxy) is 2. The van der Waals surface area contributed by atoms with Gasteiger partial charge in [0.25, 0.3) is 0 Å². The molecular formula is C19H27Cl2FN4O4. The summed E-state index contributed by atoms with van der Waals surface area (Å²) in [5.74, 6) is -1.63. The van der Waals surface area contributed by atoms with Gasteiger partial charge < -0.3 is 35.4 Å². The van der Waals surface area contributed by atoms with Gasteiger partial charge in [0, 0.05) is 38.2 Å². The van der Waals surface area contributed by atoms with E-state index in [1.165, 1.54) is 6.08 Å². The number of carboxylic acid groups (broad SMARTS) is 1. The number of halogens is 3. The summed E-state index contributed by atoms with van der Waals surface area (Å²) in [6.07, 6.45) is 5.81. The van der Waals surface area contributed by atoms with E-state index in [4.69, 9.17) is 15.2 Å². The predicted octanol–water partition coefficient (Wildman–Crippen LogP) is 1.44. The number of aliphatic carboxylic acids is 1. The fourth-order valence-electron chi connectivity index (χ4n) is 4.49. The fraction of sp³-hybridized carbons (Fsp3) is 0.632. The molecule has 4 N–H and O–H groups in total. The van der Waals surface area contributed by atoms with Gasteiger partial charge in [0.2, 0.25) is 0 Å². The van der Waals surface area contributed by atoms with Gasteiger partial charge in [-0.1, -0.05) is 0 Å². The van der Waals surface area contributed by atoms with Crippen LogP contribution in [0.15, 0.2) is 35.1 Å². The van der Waals surface area contributed by atoms with Crippen LogP contribution in [0.4, 0.5) is 4.39 Å². The average molecular weight is 465 g/mol. The maximum absolute atomic E-state index is 15.0. The van der Waals surface area contributed by atoms with Crippen molar-refractivity contribution in [2.45, 2.75) is 49.8 Å². The number of allylic oxidation sites excluding steroid dienone is 2. The second-order valence-corrected chi connectivity index (χ2v) is 8.15. The van der Waals surface area contributed by atoms with Crippen LogP contribution in [0.2, 0.25) is 0 Å². The number of likely N-dealkylation sites (tertiary alicyclic amines) is 1. The molecule has 1 spiro atoms. The van der Waals surface area contributed by atoms with Crippen molar-refractivity contribution in [2.75, 3.05) is 26.2 Å². The minimum atomic E-state index is -0.952. The van der Waals surface area contributed by atoms with E-state index in [0.29, 0.717) is 50.1 Å². The highest BCUT2D eigenvalue weighted by atomic mass is 35.5. The van der Waals surface area contributed by atoms with E-state index in [1.807, 2.05) is 9.80 Å². The van der Waals surface area contributed by atoms with Crippen molar-refractivity contribution >= 4 is 30.8 Å². The Morgan fingerprint density at radius 1 is 1.40 bits per heavy atom. The molecule has 0 bridgehead atoms. The summed E-state index contributed by atoms with van der Waals surface area (Å²) in [5.41, 5.74) is 6.73. The van der Waals surface area contributed by atoms with Crippen LogP contribution in [-0.2, 0) is 14.3 Å². The van der Waals surface area contributed by atoms with Crippen LogP contribution in [0, 0.1) is 0 Å². The lowest BCUT2D eigenvalue weighted by Gasteiger charge is -2.42. The number of carboxylic acids is 1. The molecule has 3 atom stereocenters. The molecule has 8 nitrogen and oxygen atoms in total. The molecule has 0 radical (unpaired) electrons. The van der Waals surface area contributed by atoms with Crippen LogP contribution in [0.1, 0.15) is 25.7 Å². The number of hydrogen-bond acceptors (Lipinski definition) is 7. The number of fused-ring (bicyclic) bond motifs is 1. The van der Waals surface area contributed by atoms with Crippen LogP contribution in [0.25, 0.3) is 0 Å². The van der Waals surface area contributed by atoms with Gasteiger partial charge in [-0.3, -0.25) is 0 Å². The van der Waals surface area contributed by atoms with Crippen molar-refractivity contribution in [3.8, 4) is 0 Å². The Morgan fingerprint density at radius 2 is 2.17 bits per heavy atom. The minimum absolute atomic E-state index is 0. The maximum Gasteiger partial charge on any atom is 0.333 e. The summed E-state index contributed by atoms with van der Waals surface area (Å²) < 4.78 is 26.8. The van der Waals surface area contributed by atoms with Crippen molar-refractivity contribution in [1.29, 1.82) is 0 Å². The monoisotopic (exact) mass is 464 g/mol. The molecule has 30 heavy (non-hydrogen) atoms. The minimum Gasteiger partial charge on any atom is -0.478 e. The zero-order chi connectivity index (χ0) is 19.5. The van der Waals surface area contributed by atoms with Gasteiger partial charge in [0.1, 0.15) is 12.0 Å². The Labute approximate surface area is 186 Å². The summed E-state index contributed by atoms with van der Waals surface area (Å²) in [7, 11) is 0. The molecule has 1 saturated carbocycles. The normalized spacial score (nSPS) is 32.7. The smallest absolute Gasteiger partial charge is 0.333 e. The molecule has 0 aromatic carbocycles. The molecule has 168 valence electrons. The third-order valence-corrected chi connectivity index (χ3v) is 6.09. The van der Waals surface area contributed by atoms with Crippen molar-refractivity contribution in [2.24, 2.45) is 5.73 Å². The molecular weight excluding hydrogens is 438 g/mol. The number of nitrogens with one attached hydrogen (secondary N) is 1. The standard InChI is InChI=1S/C19H25FN4O4.2ClH/c20-15-6-11-5-12(18(25)26)8-24(13-1-2-13)16(11)22-17(15)23-4-3-19(10-23)27-9-14(7-21)28-19;;/h6,8,13-14,16,22H,1-5,7,9-10,21H2,(H,25,26);2*1H. The van der Waals surface area contributed by atoms with E-state index in [1.54, 1.807) is 6.20 Å². The highest BCUT2D eigenvalue weighted by Crippen LogP contribution is 2.40. The third kappa shape index (κ3) is 4.01. The van der Waals surface area contributed by atoms with Gasteiger partial charge in [-0.15, -0.1) is 24.8 Å². The molecule has 3 fully saturated rings. The molecule has 3 unspecified atom stereocenters. The van der Waals surface area contributed by atoms with Crippen molar-refractivity contribution in [3.05, 3.63) is 35.1 Å². The summed E-state index contributed by atoms with van der Waals surface area (Å²) in [6.45, 7) is 1.92. The zero-order valence-corrected chi connectivity index (χ0v) is 18.0. The number of carbonyl (C=O) groups is 1. The first-order valence-corrected chi connectivity index (χ1v) is 9.83. The summed E-state index contributed by atoms with van der Waals surface area (Å²) in [4.78, 5) is 15.4. The van der Waals surface area contributed by atoms with Gasteiger partial charge in [-0.05, 0) is 24.5 Å². The van der Waals surface area contributed by atoms with E-state index in [-0.39, 0.29) is 49.3 Å². The Balaban J connectivity index is 0.00000128. The topological polar surface area (TPSA) is 100 Å². The lowest BCUT2D eigenvalue weighted by Crippen LogP contribution is -2.52. The Kier molecular flexibility index (Phi) is 6.60. The van der Waals surface area contributed by atoms with Gasteiger partial charge in [-0.2, -0.15) is 0 Å². The van der Waals surface area contributed by atoms with Gasteiger partial charge in [0.05, 0.1) is 24.8 Å². The van der Waals surface area contributed by atoms with Gasteiger partial charge >= 0.3 is 5.97 Å². The number of nitrogens with zero attached hydrogens (tertiary/aromatic N) is 2. The predicted molar refractivity (Wildman–Crippen MR) is 112 cm³/mol. The number of rotatable bonds is 4. The fourth-order valence-corrected chi connectivity index (χ4v) is 4.49. The van der Waals surface area contributed by atoms with Crippen molar-refractivity contribution in [3.63, 3.8) is 0 Å². The Morgan fingerprint density at radius 3 is 2.80 bits per heavy atom. The molecule has 2 saturated heterocycles. The van der Waals surface area contributed by atoms with Crippen LogP contribution >= 0.6 is 24.8 Å². The van der Waals surface area contributed by atoms with Crippen molar-refractivity contribution in [1.82, 2.24) is 15.1 Å². The Hall–Kier alpha value is -1.52. The third-order valence-electron chi connectivity index (χ3n) is 6.09. The first-order valence-electron chi connectivity index (χ1n) is 9.83. The molecule has 0 aromatic rings. The number of nitrogens with two attached hydrogens (primary N) is 1. The quantitative estimate of drug-likeness (QED) is 0.574. The molecule has 0 amide bonds. The first kappa shape index (κ1) is 23.1. The lowest BCUT2D eigenvalue weighted by molar-refractivity contribution is -0.155. The van der Waals surface area contributed by atoms with E-state index >= 15 is 0 Å². The van der Waals surface area contributed by atoms with Gasteiger partial charge in [0.15, 0.2) is 11.6 Å². The molecule has 4 heterocycles. The van der Waals surface area contributed by atoms with Crippen LogP contribution in [0.3, 0.4) is 0 Å². The summed E-state index contributed by atoms with van der Waals surface area (Å²) in [5, 5.41) is 12.7. The van der Waals surface area contributed by atoms with Crippen LogP contribution < -0.4 is 11.1 Å². The van der Waals surface area contributed by atoms with E-state index in [9.17, 15) is 14.3 Å². The van der Waals surface area contributed by atoms with Crippen LogP contribution in [-0.4, -0.2) is 71.2 Å². The molecule has 5 rings (SSSR count). The molecule has 5 aliphatic rings. The lowest BCUT2D eigenvalue weighted by atomic mass is 9.96. The average Bonchev–Trinajstić information content (AvgIpc) is 3.33. The van der Waals surface area contributed by atoms with E-state index in [2.05, 4.69) is 5.32 Å². The largest absolute Gasteiger partial charge is 0.478 e. The van der Waals surface area contributed by atoms with Crippen LogP contribution in [0.5, 0.6) is 0 Å². The van der Waals surface area contributed by atoms with Crippen molar-refractivity contribution < 1.29 is 23.8 Å². The maximum atomic E-state index is 15.0. The van der Waals surface area contributed by atoms with E-state index in [0.717, 1.165) is 18.4 Å². The molecule has 11 heteroatoms. The molecule has 0 aromatic heterocycles. The SMILES string of the molecule is Cl.Cl.NCC1COC2(CCN(C3=C(F)C=C4CC(C(=O)O)=CN(C5CC5)C4N3)C2)O1. The Bertz CT molecular complexity index is 803. The highest BCUT2D eigenvalue weighted by molar-refractivity contribution is 5.87. The second kappa shape index (κ2) is 8.55. The zero-order valence-electron chi connectivity index (χ0n) is 16.4. The second-order valence-electron chi connectivity index (χ2n) is 8.15. The molecule has 1 aliphatic carbocycles. The number of dihydropyridines is 1. The number of hydrogen-bond donors (Lipinski definition) is 3. The van der Waals surface area contributed by atoms with Gasteiger partial charge in [-0.25, -0.2) is 9.18 Å². The summed E-state index contributed by atoms with van der Waals surface area (Å²) in [6, 6.07) is 0.301. The van der Waals surface area contributed by atoms with E-state index < -0.39 is 11.8 Å².